The topological polar surface area (TPSA) is 32.3 Å². The van der Waals surface area contributed by atoms with Crippen LogP contribution in [0.25, 0.3) is 0 Å². The highest BCUT2D eigenvalue weighted by atomic mass is 32.1. The molecule has 1 amide bonds. The molecule has 1 aliphatic heterocycles. The van der Waals surface area contributed by atoms with Crippen LogP contribution in [-0.4, -0.2) is 23.4 Å². The van der Waals surface area contributed by atoms with Crippen molar-refractivity contribution in [2.24, 2.45) is 5.92 Å². The molecule has 1 aromatic heterocycles. The number of carbonyl (C=O) groups is 1. The molecule has 4 heteroatoms. The van der Waals surface area contributed by atoms with Crippen LogP contribution in [0.5, 0.6) is 0 Å². The van der Waals surface area contributed by atoms with E-state index >= 15 is 0 Å². The second-order valence-electron chi connectivity index (χ2n) is 5.37. The predicted molar refractivity (Wildman–Crippen MR) is 75.4 cm³/mol. The number of carbonyl (C=O) groups excluding carboxylic acids is 1. The minimum absolute atomic E-state index is 0.0591. The van der Waals surface area contributed by atoms with Crippen LogP contribution in [0.15, 0.2) is 17.5 Å². The maximum absolute atomic E-state index is 12.2. The molecule has 2 unspecified atom stereocenters. The highest BCUT2D eigenvalue weighted by Gasteiger charge is 2.36. The summed E-state index contributed by atoms with van der Waals surface area (Å²) in [5, 5.41) is 5.45. The zero-order chi connectivity index (χ0) is 13.1. The molecule has 0 aromatic carbocycles. The lowest BCUT2D eigenvalue weighted by atomic mass is 10.1. The summed E-state index contributed by atoms with van der Waals surface area (Å²) >= 11 is 1.71. The fourth-order valence-electron chi connectivity index (χ4n) is 2.37. The molecule has 2 rings (SSSR count). The first kappa shape index (κ1) is 13.6. The smallest absolute Gasteiger partial charge is 0.241 e. The van der Waals surface area contributed by atoms with Gasteiger partial charge < -0.3 is 4.90 Å². The fourth-order valence-corrected chi connectivity index (χ4v) is 3.16. The Morgan fingerprint density at radius 2 is 2.28 bits per heavy atom. The largest absolute Gasteiger partial charge is 0.321 e. The van der Waals surface area contributed by atoms with Crippen molar-refractivity contribution in [3.63, 3.8) is 0 Å². The predicted octanol–water partition coefficient (Wildman–Crippen LogP) is 3.00. The molecular formula is C14H22N2OS. The van der Waals surface area contributed by atoms with Crippen molar-refractivity contribution in [1.29, 1.82) is 0 Å². The summed E-state index contributed by atoms with van der Waals surface area (Å²) in [7, 11) is 0. The molecule has 2 atom stereocenters. The SMILES string of the molecule is CC(C)CCCN1C(=O)C(C)NC1c1cccs1. The Kier molecular flexibility index (Phi) is 4.40. The van der Waals surface area contributed by atoms with E-state index in [2.05, 4.69) is 30.6 Å². The molecular weight excluding hydrogens is 244 g/mol. The van der Waals surface area contributed by atoms with E-state index in [1.807, 2.05) is 17.9 Å². The highest BCUT2D eigenvalue weighted by molar-refractivity contribution is 7.10. The number of nitrogens with zero attached hydrogens (tertiary/aromatic N) is 1. The lowest BCUT2D eigenvalue weighted by molar-refractivity contribution is -0.129. The van der Waals surface area contributed by atoms with Crippen LogP contribution in [0.1, 0.15) is 44.7 Å². The quantitative estimate of drug-likeness (QED) is 0.888. The van der Waals surface area contributed by atoms with Crippen LogP contribution in [0.4, 0.5) is 0 Å². The van der Waals surface area contributed by atoms with Crippen molar-refractivity contribution in [3.05, 3.63) is 22.4 Å². The minimum atomic E-state index is -0.0591. The van der Waals surface area contributed by atoms with E-state index in [0.717, 1.165) is 13.0 Å². The molecule has 1 aromatic rings. The summed E-state index contributed by atoms with van der Waals surface area (Å²) in [5.41, 5.74) is 0. The minimum Gasteiger partial charge on any atom is -0.321 e. The number of hydrogen-bond acceptors (Lipinski definition) is 3. The summed E-state index contributed by atoms with van der Waals surface area (Å²) < 4.78 is 0. The van der Waals surface area contributed by atoms with Gasteiger partial charge in [-0.05, 0) is 37.1 Å². The molecule has 1 fully saturated rings. The van der Waals surface area contributed by atoms with Gasteiger partial charge in [-0.2, -0.15) is 0 Å². The summed E-state index contributed by atoms with van der Waals surface area (Å²) in [4.78, 5) is 15.4. The summed E-state index contributed by atoms with van der Waals surface area (Å²) in [6.45, 7) is 7.26. The van der Waals surface area contributed by atoms with Crippen molar-refractivity contribution in [2.45, 2.75) is 45.8 Å². The van der Waals surface area contributed by atoms with Gasteiger partial charge in [0.1, 0.15) is 6.17 Å². The molecule has 0 spiro atoms. The van der Waals surface area contributed by atoms with Gasteiger partial charge in [-0.1, -0.05) is 19.9 Å². The number of rotatable bonds is 5. The van der Waals surface area contributed by atoms with Gasteiger partial charge in [-0.25, -0.2) is 0 Å². The lowest BCUT2D eigenvalue weighted by Crippen LogP contribution is -2.31. The highest BCUT2D eigenvalue weighted by Crippen LogP contribution is 2.28. The molecule has 1 aliphatic rings. The Bertz CT molecular complexity index is 389. The van der Waals surface area contributed by atoms with Crippen LogP contribution < -0.4 is 5.32 Å². The molecule has 3 nitrogen and oxygen atoms in total. The second-order valence-corrected chi connectivity index (χ2v) is 6.35. The van der Waals surface area contributed by atoms with E-state index in [-0.39, 0.29) is 18.1 Å². The van der Waals surface area contributed by atoms with Gasteiger partial charge in [0.2, 0.25) is 5.91 Å². The van der Waals surface area contributed by atoms with Crippen LogP contribution in [0.3, 0.4) is 0 Å². The maximum Gasteiger partial charge on any atom is 0.241 e. The first-order valence-electron chi connectivity index (χ1n) is 6.69. The van der Waals surface area contributed by atoms with E-state index in [1.165, 1.54) is 11.3 Å². The summed E-state index contributed by atoms with van der Waals surface area (Å²) in [6.07, 6.45) is 2.34. The van der Waals surface area contributed by atoms with E-state index in [1.54, 1.807) is 11.3 Å². The van der Waals surface area contributed by atoms with Gasteiger partial charge in [0.05, 0.1) is 6.04 Å². The second kappa shape index (κ2) is 5.85. The molecule has 1 saturated heterocycles. The van der Waals surface area contributed by atoms with E-state index in [0.29, 0.717) is 5.92 Å². The molecule has 0 bridgehead atoms. The third kappa shape index (κ3) is 2.93. The normalized spacial score (nSPS) is 24.2. The van der Waals surface area contributed by atoms with Crippen molar-refractivity contribution in [2.75, 3.05) is 6.54 Å². The van der Waals surface area contributed by atoms with Crippen LogP contribution in [0.2, 0.25) is 0 Å². The van der Waals surface area contributed by atoms with Gasteiger partial charge in [-0.15, -0.1) is 11.3 Å². The Morgan fingerprint density at radius 3 is 2.89 bits per heavy atom. The van der Waals surface area contributed by atoms with Gasteiger partial charge in [0, 0.05) is 11.4 Å². The summed E-state index contributed by atoms with van der Waals surface area (Å²) in [6, 6.07) is 4.08. The average molecular weight is 266 g/mol. The zero-order valence-corrected chi connectivity index (χ0v) is 12.2. The van der Waals surface area contributed by atoms with Crippen LogP contribution in [0, 0.1) is 5.92 Å². The maximum atomic E-state index is 12.2. The Morgan fingerprint density at radius 1 is 1.50 bits per heavy atom. The number of thiophene rings is 1. The fraction of sp³-hybridized carbons (Fsp3) is 0.643. The van der Waals surface area contributed by atoms with Gasteiger partial charge >= 0.3 is 0 Å². The van der Waals surface area contributed by atoms with Crippen molar-refractivity contribution in [1.82, 2.24) is 10.2 Å². The Labute approximate surface area is 113 Å². The molecule has 18 heavy (non-hydrogen) atoms. The summed E-state index contributed by atoms with van der Waals surface area (Å²) in [5.74, 6) is 0.936. The van der Waals surface area contributed by atoms with Crippen LogP contribution >= 0.6 is 11.3 Å². The van der Waals surface area contributed by atoms with Crippen molar-refractivity contribution in [3.8, 4) is 0 Å². The first-order valence-corrected chi connectivity index (χ1v) is 7.57. The molecule has 100 valence electrons. The van der Waals surface area contributed by atoms with Gasteiger partial charge in [0.25, 0.3) is 0 Å². The van der Waals surface area contributed by atoms with Crippen molar-refractivity contribution >= 4 is 17.2 Å². The monoisotopic (exact) mass is 266 g/mol. The molecule has 0 radical (unpaired) electrons. The Balaban J connectivity index is 2.02. The molecule has 0 aliphatic carbocycles. The lowest BCUT2D eigenvalue weighted by Gasteiger charge is -2.23. The zero-order valence-electron chi connectivity index (χ0n) is 11.3. The van der Waals surface area contributed by atoms with Crippen LogP contribution in [-0.2, 0) is 4.79 Å². The number of hydrogen-bond donors (Lipinski definition) is 1. The van der Waals surface area contributed by atoms with Gasteiger partial charge in [0.15, 0.2) is 0 Å². The third-order valence-corrected chi connectivity index (χ3v) is 4.29. The third-order valence-electron chi connectivity index (χ3n) is 3.37. The van der Waals surface area contributed by atoms with Gasteiger partial charge in [-0.3, -0.25) is 10.1 Å². The van der Waals surface area contributed by atoms with E-state index in [9.17, 15) is 4.79 Å². The number of nitrogens with one attached hydrogen (secondary N) is 1. The average Bonchev–Trinajstić information content (AvgIpc) is 2.91. The standard InChI is InChI=1S/C14H22N2OS/c1-10(2)6-4-8-16-13(12-7-5-9-18-12)15-11(3)14(16)17/h5,7,9-11,13,15H,4,6,8H2,1-3H3. The van der Waals surface area contributed by atoms with E-state index in [4.69, 9.17) is 0 Å². The van der Waals surface area contributed by atoms with E-state index < -0.39 is 0 Å². The van der Waals surface area contributed by atoms with Crippen molar-refractivity contribution < 1.29 is 4.79 Å². The molecule has 1 N–H and O–H groups in total. The first-order chi connectivity index (χ1) is 8.59. The molecule has 0 saturated carbocycles. The Hall–Kier alpha value is -0.870. The molecule has 2 heterocycles. The number of amides is 1.